The predicted octanol–water partition coefficient (Wildman–Crippen LogP) is 11.3. The van der Waals surface area contributed by atoms with Gasteiger partial charge in [-0.05, 0) is 69.8 Å². The molecule has 1 aromatic heterocycles. The molecule has 0 saturated heterocycles. The molecule has 1 heterocycles. The molecule has 0 bridgehead atoms. The number of aliphatic hydroxyl groups excluding tert-OH is 1. The molecule has 233 valence electrons. The zero-order chi connectivity index (χ0) is 31.4. The van der Waals surface area contributed by atoms with Crippen molar-refractivity contribution in [1.29, 1.82) is 0 Å². The number of allylic oxidation sites excluding steroid dienone is 2. The average molecular weight is 765 g/mol. The van der Waals surface area contributed by atoms with E-state index < -0.39 is 0 Å². The summed E-state index contributed by atoms with van der Waals surface area (Å²) in [6, 6.07) is 27.3. The number of fused-ring (bicyclic) bond motifs is 5. The average Bonchev–Trinajstić information content (AvgIpc) is 3.03. The van der Waals surface area contributed by atoms with E-state index in [1.54, 1.807) is 0 Å². The Hall–Kier alpha value is -3.33. The number of rotatable bonds is 8. The number of carbonyl (C=O) groups is 1. The minimum atomic E-state index is -0.337. The van der Waals surface area contributed by atoms with Crippen LogP contribution < -0.4 is 0 Å². The van der Waals surface area contributed by atoms with E-state index in [0.29, 0.717) is 0 Å². The summed E-state index contributed by atoms with van der Waals surface area (Å²) in [7, 11) is 0. The van der Waals surface area contributed by atoms with E-state index in [1.165, 1.54) is 44.0 Å². The van der Waals surface area contributed by atoms with Crippen LogP contribution in [0, 0.1) is 30.7 Å². The van der Waals surface area contributed by atoms with Gasteiger partial charge in [-0.3, -0.25) is 4.79 Å². The molecule has 4 heteroatoms. The van der Waals surface area contributed by atoms with E-state index in [-0.39, 0.29) is 42.5 Å². The normalized spacial score (nSPS) is 12.1. The largest absolute Gasteiger partial charge is 0.512 e. The van der Waals surface area contributed by atoms with Gasteiger partial charge in [0, 0.05) is 43.2 Å². The van der Waals surface area contributed by atoms with E-state index in [2.05, 4.69) is 86.6 Å². The van der Waals surface area contributed by atoms with Crippen LogP contribution in [0.25, 0.3) is 43.6 Å². The second kappa shape index (κ2) is 14.6. The quantitative estimate of drug-likeness (QED) is 0.0741. The van der Waals surface area contributed by atoms with Gasteiger partial charge in [-0.1, -0.05) is 104 Å². The molecule has 0 aliphatic heterocycles. The first kappa shape index (κ1) is 35.2. The summed E-state index contributed by atoms with van der Waals surface area (Å²) >= 11 is 0. The predicted molar refractivity (Wildman–Crippen MR) is 184 cm³/mol. The third-order valence-corrected chi connectivity index (χ3v) is 9.67. The van der Waals surface area contributed by atoms with Crippen molar-refractivity contribution in [3.05, 3.63) is 102 Å². The molecule has 1 N–H and O–H groups in total. The van der Waals surface area contributed by atoms with Crippen LogP contribution in [0.2, 0.25) is 0 Å². The molecular weight excluding hydrogens is 719 g/mol. The minimum Gasteiger partial charge on any atom is -0.512 e. The monoisotopic (exact) mass is 765 g/mol. The van der Waals surface area contributed by atoms with Crippen molar-refractivity contribution in [3.63, 3.8) is 0 Å². The topological polar surface area (TPSA) is 50.2 Å². The molecule has 5 rings (SSSR count). The molecule has 0 aliphatic rings. The van der Waals surface area contributed by atoms with Crippen molar-refractivity contribution in [1.82, 2.24) is 4.98 Å². The number of carbonyl (C=O) groups excluding carboxylic acids is 1. The van der Waals surface area contributed by atoms with E-state index >= 15 is 0 Å². The van der Waals surface area contributed by atoms with Gasteiger partial charge in [0.15, 0.2) is 5.78 Å². The Morgan fingerprint density at radius 1 is 0.773 bits per heavy atom. The number of benzene rings is 4. The fourth-order valence-electron chi connectivity index (χ4n) is 5.67. The molecule has 0 fully saturated rings. The molecule has 3 nitrogen and oxygen atoms in total. The number of hydrogen-bond donors (Lipinski definition) is 1. The second-order valence-electron chi connectivity index (χ2n) is 12.4. The van der Waals surface area contributed by atoms with E-state index in [4.69, 9.17) is 4.98 Å². The number of aliphatic hydroxyl groups is 1. The van der Waals surface area contributed by atoms with Gasteiger partial charge in [0.05, 0.1) is 0 Å². The third kappa shape index (κ3) is 7.14. The summed E-state index contributed by atoms with van der Waals surface area (Å²) < 4.78 is 0. The van der Waals surface area contributed by atoms with Crippen LogP contribution in [-0.4, -0.2) is 15.9 Å². The van der Waals surface area contributed by atoms with E-state index in [0.717, 1.165) is 42.5 Å². The summed E-state index contributed by atoms with van der Waals surface area (Å²) in [6.07, 6.45) is 6.67. The second-order valence-corrected chi connectivity index (χ2v) is 12.4. The Morgan fingerprint density at radius 2 is 1.34 bits per heavy atom. The molecule has 0 atom stereocenters. The third-order valence-electron chi connectivity index (χ3n) is 9.67. The molecular formula is C40H46IrNO2-. The van der Waals surface area contributed by atoms with Crippen LogP contribution in [0.3, 0.4) is 0 Å². The van der Waals surface area contributed by atoms with E-state index in [9.17, 15) is 9.90 Å². The molecule has 4 aromatic carbocycles. The number of aryl methyl sites for hydroxylation is 2. The van der Waals surface area contributed by atoms with Gasteiger partial charge in [-0.2, -0.15) is 0 Å². The Balaban J connectivity index is 0.000000260. The summed E-state index contributed by atoms with van der Waals surface area (Å²) in [6.45, 7) is 16.3. The SMILES string of the molecule is CCC(C)(CC)C(=O)/C=C(\O)C(C)(CC)CC.Cc1[c-]c(-c2nccc3c2ccc2c4ccccc4ccc32)cc(C)c1.[Ir]. The zero-order valence-corrected chi connectivity index (χ0v) is 29.9. The fraction of sp³-hybridized carbons (Fsp3) is 0.350. The van der Waals surface area contributed by atoms with Gasteiger partial charge in [0.2, 0.25) is 0 Å². The van der Waals surface area contributed by atoms with Crippen molar-refractivity contribution < 1.29 is 30.0 Å². The summed E-state index contributed by atoms with van der Waals surface area (Å²) in [5.74, 6) is 0.286. The smallest absolute Gasteiger partial charge is 0.164 e. The van der Waals surface area contributed by atoms with Gasteiger partial charge in [0.25, 0.3) is 0 Å². The van der Waals surface area contributed by atoms with Crippen LogP contribution in [0.15, 0.2) is 84.8 Å². The number of ketones is 1. The van der Waals surface area contributed by atoms with Crippen molar-refractivity contribution >= 4 is 38.1 Å². The number of hydrogen-bond acceptors (Lipinski definition) is 3. The maximum absolute atomic E-state index is 12.2. The van der Waals surface area contributed by atoms with Crippen LogP contribution >= 0.6 is 0 Å². The molecule has 0 amide bonds. The molecule has 44 heavy (non-hydrogen) atoms. The molecule has 0 spiro atoms. The van der Waals surface area contributed by atoms with Crippen LogP contribution in [0.4, 0.5) is 0 Å². The number of pyridine rings is 1. The molecule has 0 aliphatic carbocycles. The van der Waals surface area contributed by atoms with E-state index in [1.807, 2.05) is 47.7 Å². The van der Waals surface area contributed by atoms with Gasteiger partial charge >= 0.3 is 0 Å². The maximum Gasteiger partial charge on any atom is 0.164 e. The van der Waals surface area contributed by atoms with Gasteiger partial charge in [-0.15, -0.1) is 34.9 Å². The molecule has 0 saturated carbocycles. The van der Waals surface area contributed by atoms with Gasteiger partial charge < -0.3 is 10.1 Å². The standard InChI is InChI=1S/C25H18N.C15H28O2.Ir/c1-16-13-17(2)15-19(14-16)25-24-10-9-21-20-6-4-3-5-18(20)7-8-22(21)23(24)11-12-26-25;1-7-14(5,8-2)12(16)11-13(17)15(6,9-3)10-4;/h3-14H,1-2H3;11,16H,7-10H2,1-6H3;/q-1;;/b;12-11-;. The Kier molecular flexibility index (Phi) is 11.7. The summed E-state index contributed by atoms with van der Waals surface area (Å²) in [5.41, 5.74) is 3.85. The van der Waals surface area contributed by atoms with Gasteiger partial charge in [-0.25, -0.2) is 0 Å². The Bertz CT molecular complexity index is 1770. The van der Waals surface area contributed by atoms with Gasteiger partial charge in [0.1, 0.15) is 5.76 Å². The van der Waals surface area contributed by atoms with Crippen LogP contribution in [0.1, 0.15) is 78.4 Å². The first-order valence-corrected chi connectivity index (χ1v) is 15.7. The zero-order valence-electron chi connectivity index (χ0n) is 27.5. The van der Waals surface area contributed by atoms with Crippen LogP contribution in [-0.2, 0) is 24.9 Å². The Labute approximate surface area is 277 Å². The Morgan fingerprint density at radius 3 is 1.98 bits per heavy atom. The molecule has 0 unspecified atom stereocenters. The van der Waals surface area contributed by atoms with Crippen molar-refractivity contribution in [2.75, 3.05) is 0 Å². The van der Waals surface area contributed by atoms with Crippen molar-refractivity contribution in [2.45, 2.75) is 81.1 Å². The van der Waals surface area contributed by atoms with Crippen molar-refractivity contribution in [3.8, 4) is 11.3 Å². The number of nitrogens with zero attached hydrogens (tertiary/aromatic N) is 1. The minimum absolute atomic E-state index is 0. The number of aromatic nitrogens is 1. The maximum atomic E-state index is 12.2. The first-order chi connectivity index (χ1) is 20.5. The summed E-state index contributed by atoms with van der Waals surface area (Å²) in [5, 5.41) is 17.7. The first-order valence-electron chi connectivity index (χ1n) is 15.7. The van der Waals surface area contributed by atoms with Crippen LogP contribution in [0.5, 0.6) is 0 Å². The molecule has 5 aromatic rings. The molecule has 1 radical (unpaired) electrons. The summed E-state index contributed by atoms with van der Waals surface area (Å²) in [4.78, 5) is 16.9. The van der Waals surface area contributed by atoms with Crippen molar-refractivity contribution in [2.24, 2.45) is 10.8 Å². The fourth-order valence-corrected chi connectivity index (χ4v) is 5.67.